The molecule has 0 saturated carbocycles. The second-order valence-corrected chi connectivity index (χ2v) is 7.38. The van der Waals surface area contributed by atoms with E-state index < -0.39 is 5.92 Å². The highest BCUT2D eigenvalue weighted by Crippen LogP contribution is 2.36. The number of halogens is 2. The van der Waals surface area contributed by atoms with Gasteiger partial charge >= 0.3 is 0 Å². The molecule has 0 spiro atoms. The zero-order valence-corrected chi connectivity index (χ0v) is 17.1. The number of anilines is 2. The second-order valence-electron chi connectivity index (χ2n) is 6.06. The summed E-state index contributed by atoms with van der Waals surface area (Å²) in [5, 5.41) is 3.16. The minimum absolute atomic E-state index is 0.0898. The molecule has 1 saturated heterocycles. The molecule has 3 rings (SSSR count). The van der Waals surface area contributed by atoms with E-state index in [1.54, 1.807) is 17.0 Å². The van der Waals surface area contributed by atoms with Gasteiger partial charge in [-0.15, -0.1) is 0 Å². The Hall–Kier alpha value is -2.25. The third-order valence-corrected chi connectivity index (χ3v) is 5.14. The van der Waals surface area contributed by atoms with Crippen molar-refractivity contribution < 1.29 is 19.1 Å². The minimum Gasteiger partial charge on any atom is -0.495 e. The molecule has 1 aliphatic heterocycles. The summed E-state index contributed by atoms with van der Waals surface area (Å²) in [6, 6.07) is 10.6. The maximum atomic E-state index is 12.7. The number of ether oxygens (including phenoxy) is 2. The summed E-state index contributed by atoms with van der Waals surface area (Å²) in [6.07, 6.45) is 0.143. The van der Waals surface area contributed by atoms with E-state index in [1.165, 1.54) is 14.2 Å². The van der Waals surface area contributed by atoms with Crippen LogP contribution in [0.3, 0.4) is 0 Å². The molecule has 1 aliphatic rings. The van der Waals surface area contributed by atoms with Crippen molar-refractivity contribution in [2.24, 2.45) is 5.92 Å². The molecule has 0 aromatic heterocycles. The van der Waals surface area contributed by atoms with E-state index in [0.717, 1.165) is 10.2 Å². The summed E-state index contributed by atoms with van der Waals surface area (Å²) in [5.74, 6) is 0.0524. The first-order valence-electron chi connectivity index (χ1n) is 8.21. The number of hydrogen-bond donors (Lipinski definition) is 1. The van der Waals surface area contributed by atoms with Gasteiger partial charge in [-0.1, -0.05) is 33.6 Å². The van der Waals surface area contributed by atoms with Crippen molar-refractivity contribution in [2.45, 2.75) is 6.42 Å². The van der Waals surface area contributed by atoms with E-state index in [0.29, 0.717) is 28.8 Å². The zero-order valence-electron chi connectivity index (χ0n) is 14.8. The fourth-order valence-electron chi connectivity index (χ4n) is 2.97. The molecule has 1 unspecified atom stereocenters. The Kier molecular flexibility index (Phi) is 5.92. The SMILES string of the molecule is COc1cc(OC)c(NC(=O)C2CC(=O)N(c3cccc(Br)c3)C2)cc1Cl. The Morgan fingerprint density at radius 3 is 2.63 bits per heavy atom. The highest BCUT2D eigenvalue weighted by molar-refractivity contribution is 9.10. The summed E-state index contributed by atoms with van der Waals surface area (Å²) >= 11 is 9.54. The van der Waals surface area contributed by atoms with Crippen molar-refractivity contribution in [1.29, 1.82) is 0 Å². The molecular weight excluding hydrogens is 436 g/mol. The minimum atomic E-state index is -0.470. The van der Waals surface area contributed by atoms with E-state index >= 15 is 0 Å². The van der Waals surface area contributed by atoms with Crippen molar-refractivity contribution in [3.05, 3.63) is 45.9 Å². The first-order valence-corrected chi connectivity index (χ1v) is 9.38. The number of methoxy groups -OCH3 is 2. The molecule has 1 fully saturated rings. The molecular formula is C19H18BrClN2O4. The molecule has 0 radical (unpaired) electrons. The lowest BCUT2D eigenvalue weighted by Crippen LogP contribution is -2.28. The van der Waals surface area contributed by atoms with Crippen molar-refractivity contribution in [3.8, 4) is 11.5 Å². The average molecular weight is 454 g/mol. The van der Waals surface area contributed by atoms with Crippen LogP contribution in [0.1, 0.15) is 6.42 Å². The van der Waals surface area contributed by atoms with E-state index in [-0.39, 0.29) is 18.2 Å². The summed E-state index contributed by atoms with van der Waals surface area (Å²) in [6.45, 7) is 0.313. The molecule has 1 atom stereocenters. The molecule has 0 aliphatic carbocycles. The molecule has 1 N–H and O–H groups in total. The topological polar surface area (TPSA) is 67.9 Å². The number of benzene rings is 2. The smallest absolute Gasteiger partial charge is 0.229 e. The highest BCUT2D eigenvalue weighted by Gasteiger charge is 2.35. The van der Waals surface area contributed by atoms with Gasteiger partial charge in [0.2, 0.25) is 11.8 Å². The predicted octanol–water partition coefficient (Wildman–Crippen LogP) is 4.11. The highest BCUT2D eigenvalue weighted by atomic mass is 79.9. The monoisotopic (exact) mass is 452 g/mol. The van der Waals surface area contributed by atoms with Crippen LogP contribution in [0, 0.1) is 5.92 Å². The normalized spacial score (nSPS) is 16.4. The van der Waals surface area contributed by atoms with Gasteiger partial charge < -0.3 is 19.7 Å². The van der Waals surface area contributed by atoms with Gasteiger partial charge in [0.15, 0.2) is 0 Å². The summed E-state index contributed by atoms with van der Waals surface area (Å²) < 4.78 is 11.3. The number of nitrogens with one attached hydrogen (secondary N) is 1. The van der Waals surface area contributed by atoms with Gasteiger partial charge in [0.05, 0.1) is 30.8 Å². The van der Waals surface area contributed by atoms with Crippen LogP contribution < -0.4 is 19.7 Å². The maximum absolute atomic E-state index is 12.7. The van der Waals surface area contributed by atoms with E-state index in [4.69, 9.17) is 21.1 Å². The Balaban J connectivity index is 1.76. The predicted molar refractivity (Wildman–Crippen MR) is 108 cm³/mol. The Labute approximate surface area is 170 Å². The van der Waals surface area contributed by atoms with Crippen LogP contribution in [0.15, 0.2) is 40.9 Å². The third-order valence-electron chi connectivity index (χ3n) is 4.35. The van der Waals surface area contributed by atoms with Crippen molar-refractivity contribution >= 4 is 50.7 Å². The molecule has 142 valence electrons. The molecule has 8 heteroatoms. The number of carbonyl (C=O) groups excluding carboxylic acids is 2. The van der Waals surface area contributed by atoms with Gasteiger partial charge in [0, 0.05) is 29.2 Å². The third kappa shape index (κ3) is 4.20. The Morgan fingerprint density at radius 2 is 1.96 bits per heavy atom. The lowest BCUT2D eigenvalue weighted by Gasteiger charge is -2.18. The Bertz CT molecular complexity index is 890. The first-order chi connectivity index (χ1) is 12.9. The quantitative estimate of drug-likeness (QED) is 0.740. The summed E-state index contributed by atoms with van der Waals surface area (Å²) in [7, 11) is 2.99. The number of hydrogen-bond acceptors (Lipinski definition) is 4. The standard InChI is InChI=1S/C19H18BrClN2O4/c1-26-16-9-17(27-2)15(8-14(16)21)22-19(25)11-6-18(24)23(10-11)13-5-3-4-12(20)7-13/h3-5,7-9,11H,6,10H2,1-2H3,(H,22,25). The maximum Gasteiger partial charge on any atom is 0.229 e. The lowest BCUT2D eigenvalue weighted by molar-refractivity contribution is -0.122. The van der Waals surface area contributed by atoms with Crippen LogP contribution in [0.5, 0.6) is 11.5 Å². The van der Waals surface area contributed by atoms with Gasteiger partial charge in [-0.3, -0.25) is 9.59 Å². The molecule has 2 aromatic rings. The van der Waals surface area contributed by atoms with E-state index in [2.05, 4.69) is 21.2 Å². The van der Waals surface area contributed by atoms with Crippen LogP contribution in [0.4, 0.5) is 11.4 Å². The lowest BCUT2D eigenvalue weighted by atomic mass is 10.1. The average Bonchev–Trinajstić information content (AvgIpc) is 3.04. The molecule has 6 nitrogen and oxygen atoms in total. The first kappa shape index (κ1) is 19.5. The van der Waals surface area contributed by atoms with Gasteiger partial charge in [0.25, 0.3) is 0 Å². The van der Waals surface area contributed by atoms with Gasteiger partial charge in [-0.05, 0) is 24.3 Å². The number of carbonyl (C=O) groups is 2. The van der Waals surface area contributed by atoms with E-state index in [9.17, 15) is 9.59 Å². The van der Waals surface area contributed by atoms with Gasteiger partial charge in [-0.25, -0.2) is 0 Å². The van der Waals surface area contributed by atoms with Crippen LogP contribution in [-0.4, -0.2) is 32.6 Å². The van der Waals surface area contributed by atoms with Crippen LogP contribution in [0.2, 0.25) is 5.02 Å². The molecule has 2 amide bonds. The van der Waals surface area contributed by atoms with Crippen molar-refractivity contribution in [3.63, 3.8) is 0 Å². The largest absolute Gasteiger partial charge is 0.495 e. The van der Waals surface area contributed by atoms with Gasteiger partial charge in [0.1, 0.15) is 11.5 Å². The second kappa shape index (κ2) is 8.19. The van der Waals surface area contributed by atoms with Crippen LogP contribution >= 0.6 is 27.5 Å². The number of nitrogens with zero attached hydrogens (tertiary/aromatic N) is 1. The molecule has 1 heterocycles. The molecule has 27 heavy (non-hydrogen) atoms. The van der Waals surface area contributed by atoms with E-state index in [1.807, 2.05) is 24.3 Å². The molecule has 0 bridgehead atoms. The van der Waals surface area contributed by atoms with Crippen LogP contribution in [0.25, 0.3) is 0 Å². The Morgan fingerprint density at radius 1 is 1.22 bits per heavy atom. The van der Waals surface area contributed by atoms with Crippen molar-refractivity contribution in [1.82, 2.24) is 0 Å². The fraction of sp³-hybridized carbons (Fsp3) is 0.263. The number of amides is 2. The van der Waals surface area contributed by atoms with Crippen LogP contribution in [-0.2, 0) is 9.59 Å². The summed E-state index contributed by atoms with van der Waals surface area (Å²) in [5.41, 5.74) is 1.19. The zero-order chi connectivity index (χ0) is 19.6. The van der Waals surface area contributed by atoms with Crippen molar-refractivity contribution in [2.75, 3.05) is 31.0 Å². The van der Waals surface area contributed by atoms with Gasteiger partial charge in [-0.2, -0.15) is 0 Å². The molecule has 2 aromatic carbocycles. The fourth-order valence-corrected chi connectivity index (χ4v) is 3.60. The number of rotatable bonds is 5. The summed E-state index contributed by atoms with van der Waals surface area (Å²) in [4.78, 5) is 26.7.